The lowest BCUT2D eigenvalue weighted by molar-refractivity contribution is 0.0508. The van der Waals surface area contributed by atoms with Gasteiger partial charge in [0.1, 0.15) is 0 Å². The zero-order chi connectivity index (χ0) is 14.1. The Kier molecular flexibility index (Phi) is 3.54. The van der Waals surface area contributed by atoms with Crippen molar-refractivity contribution in [1.82, 2.24) is 15.1 Å². The highest BCUT2D eigenvalue weighted by molar-refractivity contribution is 6.21. The molecular weight excluding hydrogens is 254 g/mol. The van der Waals surface area contributed by atoms with E-state index in [1.807, 2.05) is 7.05 Å². The topological polar surface area (TPSA) is 52.7 Å². The largest absolute Gasteiger partial charge is 0.315 e. The lowest BCUT2D eigenvalue weighted by Crippen LogP contribution is -2.49. The van der Waals surface area contributed by atoms with Gasteiger partial charge >= 0.3 is 0 Å². The van der Waals surface area contributed by atoms with Crippen molar-refractivity contribution in [1.29, 1.82) is 0 Å². The minimum absolute atomic E-state index is 0.179. The van der Waals surface area contributed by atoms with Crippen LogP contribution in [-0.2, 0) is 0 Å². The molecule has 1 saturated heterocycles. The number of likely N-dealkylation sites (N-methyl/N-ethyl adjacent to an activating group) is 1. The van der Waals surface area contributed by atoms with Crippen LogP contribution in [-0.4, -0.2) is 54.5 Å². The molecule has 1 aromatic carbocycles. The molecule has 1 atom stereocenters. The van der Waals surface area contributed by atoms with E-state index in [0.29, 0.717) is 23.8 Å². The second kappa shape index (κ2) is 5.34. The van der Waals surface area contributed by atoms with Crippen LogP contribution in [0.4, 0.5) is 0 Å². The van der Waals surface area contributed by atoms with Crippen LogP contribution in [0.3, 0.4) is 0 Å². The number of carbonyl (C=O) groups is 2. The van der Waals surface area contributed by atoms with Gasteiger partial charge in [0.2, 0.25) is 0 Å². The molecular formula is C15H19N3O2. The lowest BCUT2D eigenvalue weighted by atomic mass is 10.1. The number of hydrogen-bond donors (Lipinski definition) is 1. The van der Waals surface area contributed by atoms with E-state index < -0.39 is 0 Å². The highest BCUT2D eigenvalue weighted by Crippen LogP contribution is 2.23. The molecule has 0 spiro atoms. The van der Waals surface area contributed by atoms with Crippen molar-refractivity contribution < 1.29 is 9.59 Å². The number of amides is 2. The first-order valence-corrected chi connectivity index (χ1v) is 7.04. The summed E-state index contributed by atoms with van der Waals surface area (Å²) >= 11 is 0. The van der Waals surface area contributed by atoms with Crippen LogP contribution < -0.4 is 5.32 Å². The van der Waals surface area contributed by atoms with Gasteiger partial charge in [0, 0.05) is 12.6 Å². The number of nitrogens with zero attached hydrogens (tertiary/aromatic N) is 2. The maximum Gasteiger partial charge on any atom is 0.262 e. The maximum absolute atomic E-state index is 12.3. The molecule has 1 fully saturated rings. The monoisotopic (exact) mass is 273 g/mol. The number of benzene rings is 1. The van der Waals surface area contributed by atoms with E-state index in [9.17, 15) is 9.59 Å². The summed E-state index contributed by atoms with van der Waals surface area (Å²) in [4.78, 5) is 28.0. The molecule has 20 heavy (non-hydrogen) atoms. The Morgan fingerprint density at radius 1 is 1.25 bits per heavy atom. The fourth-order valence-electron chi connectivity index (χ4n) is 2.92. The zero-order valence-corrected chi connectivity index (χ0v) is 11.6. The van der Waals surface area contributed by atoms with Gasteiger partial charge in [0.05, 0.1) is 17.8 Å². The molecule has 0 bridgehead atoms. The second-order valence-electron chi connectivity index (χ2n) is 5.48. The van der Waals surface area contributed by atoms with E-state index in [0.717, 1.165) is 25.9 Å². The van der Waals surface area contributed by atoms with Crippen molar-refractivity contribution in [2.24, 2.45) is 0 Å². The Labute approximate surface area is 118 Å². The lowest BCUT2D eigenvalue weighted by Gasteiger charge is -2.33. The first kappa shape index (κ1) is 13.3. The number of rotatable bonds is 3. The van der Waals surface area contributed by atoms with Gasteiger partial charge in [-0.2, -0.15) is 0 Å². The van der Waals surface area contributed by atoms with Crippen molar-refractivity contribution >= 4 is 11.8 Å². The van der Waals surface area contributed by atoms with Gasteiger partial charge < -0.3 is 5.32 Å². The molecule has 3 rings (SSSR count). The molecule has 5 heteroatoms. The van der Waals surface area contributed by atoms with E-state index in [1.165, 1.54) is 4.90 Å². The van der Waals surface area contributed by atoms with Gasteiger partial charge in [0.25, 0.3) is 11.8 Å². The molecule has 0 saturated carbocycles. The van der Waals surface area contributed by atoms with Crippen LogP contribution >= 0.6 is 0 Å². The first-order chi connectivity index (χ1) is 9.68. The fourth-order valence-corrected chi connectivity index (χ4v) is 2.92. The number of piperidine rings is 1. The van der Waals surface area contributed by atoms with Crippen LogP contribution in [0.1, 0.15) is 33.6 Å². The minimum Gasteiger partial charge on any atom is -0.315 e. The van der Waals surface area contributed by atoms with E-state index >= 15 is 0 Å². The van der Waals surface area contributed by atoms with Crippen LogP contribution in [0.5, 0.6) is 0 Å². The summed E-state index contributed by atoms with van der Waals surface area (Å²) in [5, 5.41) is 3.35. The Bertz CT molecular complexity index is 503. The summed E-state index contributed by atoms with van der Waals surface area (Å²) in [7, 11) is 1.97. The summed E-state index contributed by atoms with van der Waals surface area (Å²) in [6.07, 6.45) is 2.24. The molecule has 2 heterocycles. The third kappa shape index (κ3) is 2.23. The molecule has 0 aromatic heterocycles. The quantitative estimate of drug-likeness (QED) is 0.832. The van der Waals surface area contributed by atoms with Gasteiger partial charge in [-0.3, -0.25) is 19.4 Å². The standard InChI is InChI=1S/C15H19N3O2/c1-17(11-5-4-8-16-9-11)10-18-14(19)12-6-2-3-7-13(12)15(18)20/h2-3,6-7,11,16H,4-5,8-10H2,1H3. The van der Waals surface area contributed by atoms with Crippen LogP contribution in [0.15, 0.2) is 24.3 Å². The molecule has 5 nitrogen and oxygen atoms in total. The highest BCUT2D eigenvalue weighted by atomic mass is 16.2. The average Bonchev–Trinajstić information content (AvgIpc) is 2.74. The second-order valence-corrected chi connectivity index (χ2v) is 5.48. The van der Waals surface area contributed by atoms with Gasteiger partial charge in [0.15, 0.2) is 0 Å². The molecule has 1 unspecified atom stereocenters. The first-order valence-electron chi connectivity index (χ1n) is 7.04. The predicted molar refractivity (Wildman–Crippen MR) is 75.5 cm³/mol. The summed E-state index contributed by atoms with van der Waals surface area (Å²) in [6, 6.07) is 7.41. The van der Waals surface area contributed by atoms with Crippen molar-refractivity contribution in [3.8, 4) is 0 Å². The van der Waals surface area contributed by atoms with Crippen LogP contribution in [0.2, 0.25) is 0 Å². The van der Waals surface area contributed by atoms with Crippen molar-refractivity contribution in [2.75, 3.05) is 26.8 Å². The normalized spacial score (nSPS) is 22.5. The number of nitrogens with one attached hydrogen (secondary N) is 1. The van der Waals surface area contributed by atoms with E-state index in [1.54, 1.807) is 24.3 Å². The Hall–Kier alpha value is -1.72. The number of fused-ring (bicyclic) bond motifs is 1. The average molecular weight is 273 g/mol. The molecule has 2 aliphatic rings. The molecule has 1 aromatic rings. The minimum atomic E-state index is -0.179. The third-order valence-corrected chi connectivity index (χ3v) is 4.14. The summed E-state index contributed by atoms with van der Waals surface area (Å²) in [6.45, 7) is 2.33. The zero-order valence-electron chi connectivity index (χ0n) is 11.6. The number of imide groups is 1. The Morgan fingerprint density at radius 3 is 2.45 bits per heavy atom. The SMILES string of the molecule is CN(CN1C(=O)c2ccccc2C1=O)C1CCCNC1. The van der Waals surface area contributed by atoms with Crippen molar-refractivity contribution in [3.63, 3.8) is 0 Å². The van der Waals surface area contributed by atoms with Gasteiger partial charge in [-0.15, -0.1) is 0 Å². The van der Waals surface area contributed by atoms with Crippen LogP contribution in [0.25, 0.3) is 0 Å². The molecule has 1 N–H and O–H groups in total. The summed E-state index contributed by atoms with van der Waals surface area (Å²) in [5.41, 5.74) is 1.04. The molecule has 0 aliphatic carbocycles. The number of hydrogen-bond acceptors (Lipinski definition) is 4. The van der Waals surface area contributed by atoms with Crippen LogP contribution in [0, 0.1) is 0 Å². The Balaban J connectivity index is 1.73. The third-order valence-electron chi connectivity index (χ3n) is 4.14. The van der Waals surface area contributed by atoms with Gasteiger partial charge in [-0.05, 0) is 38.6 Å². The van der Waals surface area contributed by atoms with Crippen molar-refractivity contribution in [3.05, 3.63) is 35.4 Å². The fraction of sp³-hybridized carbons (Fsp3) is 0.467. The summed E-state index contributed by atoms with van der Waals surface area (Å²) < 4.78 is 0. The molecule has 106 valence electrons. The molecule has 2 aliphatic heterocycles. The number of carbonyl (C=O) groups excluding carboxylic acids is 2. The predicted octanol–water partition coefficient (Wildman–Crippen LogP) is 0.924. The van der Waals surface area contributed by atoms with Gasteiger partial charge in [-0.25, -0.2) is 0 Å². The van der Waals surface area contributed by atoms with E-state index in [-0.39, 0.29) is 11.8 Å². The van der Waals surface area contributed by atoms with Gasteiger partial charge in [-0.1, -0.05) is 12.1 Å². The smallest absolute Gasteiger partial charge is 0.262 e. The molecule has 0 radical (unpaired) electrons. The highest BCUT2D eigenvalue weighted by Gasteiger charge is 2.36. The van der Waals surface area contributed by atoms with Crippen molar-refractivity contribution in [2.45, 2.75) is 18.9 Å². The summed E-state index contributed by atoms with van der Waals surface area (Å²) in [5.74, 6) is -0.359. The molecule has 2 amide bonds. The maximum atomic E-state index is 12.3. The Morgan fingerprint density at radius 2 is 1.90 bits per heavy atom. The van der Waals surface area contributed by atoms with E-state index in [2.05, 4.69) is 10.2 Å². The van der Waals surface area contributed by atoms with E-state index in [4.69, 9.17) is 0 Å².